The number of hydrogen-bond donors (Lipinski definition) is 1. The van der Waals surface area contributed by atoms with E-state index in [0.717, 1.165) is 46.2 Å². The number of nitrogens with zero attached hydrogens (tertiary/aromatic N) is 3. The average Bonchev–Trinajstić information content (AvgIpc) is 2.99. The number of rotatable bonds is 4. The van der Waals surface area contributed by atoms with E-state index in [-0.39, 0.29) is 6.04 Å². The minimum Gasteiger partial charge on any atom is -0.314 e. The first-order valence-corrected chi connectivity index (χ1v) is 7.91. The molecule has 20 heavy (non-hydrogen) atoms. The van der Waals surface area contributed by atoms with E-state index in [2.05, 4.69) is 42.9 Å². The lowest BCUT2D eigenvalue weighted by atomic mass is 10.2. The molecular weight excluding hydrogens is 340 g/mol. The van der Waals surface area contributed by atoms with Gasteiger partial charge in [0.2, 0.25) is 0 Å². The Kier molecular flexibility index (Phi) is 4.10. The van der Waals surface area contributed by atoms with E-state index in [1.54, 1.807) is 0 Å². The third-order valence-corrected chi connectivity index (χ3v) is 4.48. The molecule has 0 amide bonds. The van der Waals surface area contributed by atoms with Crippen molar-refractivity contribution in [2.75, 3.05) is 0 Å². The summed E-state index contributed by atoms with van der Waals surface area (Å²) in [6, 6.07) is 6.11. The number of hydrogen-bond acceptors (Lipinski definition) is 3. The van der Waals surface area contributed by atoms with E-state index in [9.17, 15) is 0 Å². The molecule has 1 aromatic carbocycles. The van der Waals surface area contributed by atoms with Crippen molar-refractivity contribution in [3.63, 3.8) is 0 Å². The van der Waals surface area contributed by atoms with Gasteiger partial charge in [-0.3, -0.25) is 0 Å². The van der Waals surface area contributed by atoms with Gasteiger partial charge in [0.15, 0.2) is 0 Å². The molecule has 1 atom stereocenters. The minimum absolute atomic E-state index is 0.161. The summed E-state index contributed by atoms with van der Waals surface area (Å²) in [6.45, 7) is 3.86. The van der Waals surface area contributed by atoms with Crippen molar-refractivity contribution >= 4 is 27.5 Å². The van der Waals surface area contributed by atoms with Crippen LogP contribution in [0.4, 0.5) is 0 Å². The van der Waals surface area contributed by atoms with Crippen LogP contribution in [0.25, 0.3) is 0 Å². The summed E-state index contributed by atoms with van der Waals surface area (Å²) in [6.07, 6.45) is 2.21. The predicted molar refractivity (Wildman–Crippen MR) is 82.7 cm³/mol. The SMILES string of the molecule is CC(NCc1ccc(Br)cc1Cl)c1nnc2n1CCC2. The maximum atomic E-state index is 6.23. The zero-order valence-electron chi connectivity index (χ0n) is 11.2. The Hall–Kier alpha value is -0.910. The molecule has 1 aliphatic heterocycles. The number of halogens is 2. The first kappa shape index (κ1) is 14.0. The Morgan fingerprint density at radius 1 is 1.45 bits per heavy atom. The van der Waals surface area contributed by atoms with Crippen LogP contribution >= 0.6 is 27.5 Å². The fraction of sp³-hybridized carbons (Fsp3) is 0.429. The number of benzene rings is 1. The van der Waals surface area contributed by atoms with Gasteiger partial charge in [0.1, 0.15) is 11.6 Å². The molecule has 1 aromatic heterocycles. The van der Waals surface area contributed by atoms with Crippen molar-refractivity contribution in [2.45, 2.75) is 38.9 Å². The van der Waals surface area contributed by atoms with E-state index < -0.39 is 0 Å². The molecule has 0 spiro atoms. The number of fused-ring (bicyclic) bond motifs is 1. The fourth-order valence-electron chi connectivity index (χ4n) is 2.51. The summed E-state index contributed by atoms with van der Waals surface area (Å²) in [5.41, 5.74) is 1.09. The quantitative estimate of drug-likeness (QED) is 0.913. The Bertz CT molecular complexity index is 626. The summed E-state index contributed by atoms with van der Waals surface area (Å²) >= 11 is 9.64. The van der Waals surface area contributed by atoms with E-state index >= 15 is 0 Å². The van der Waals surface area contributed by atoms with E-state index in [1.807, 2.05) is 18.2 Å². The van der Waals surface area contributed by atoms with Crippen LogP contribution in [0.1, 0.15) is 36.6 Å². The summed E-state index contributed by atoms with van der Waals surface area (Å²) in [5, 5.41) is 12.8. The van der Waals surface area contributed by atoms with Crippen molar-refractivity contribution in [2.24, 2.45) is 0 Å². The van der Waals surface area contributed by atoms with Crippen molar-refractivity contribution < 1.29 is 0 Å². The molecule has 1 aliphatic rings. The van der Waals surface area contributed by atoms with Crippen molar-refractivity contribution in [3.8, 4) is 0 Å². The topological polar surface area (TPSA) is 42.7 Å². The molecule has 4 nitrogen and oxygen atoms in total. The van der Waals surface area contributed by atoms with E-state index in [0.29, 0.717) is 0 Å². The first-order valence-electron chi connectivity index (χ1n) is 6.74. The summed E-state index contributed by atoms with van der Waals surface area (Å²) in [4.78, 5) is 0. The molecule has 1 N–H and O–H groups in total. The molecule has 0 fully saturated rings. The highest BCUT2D eigenvalue weighted by Gasteiger charge is 2.20. The second-order valence-corrected chi connectivity index (χ2v) is 6.39. The Morgan fingerprint density at radius 2 is 2.30 bits per heavy atom. The largest absolute Gasteiger partial charge is 0.314 e. The van der Waals surface area contributed by atoms with Gasteiger partial charge in [-0.15, -0.1) is 10.2 Å². The maximum Gasteiger partial charge on any atom is 0.149 e. The van der Waals surface area contributed by atoms with Crippen LogP contribution in [0.2, 0.25) is 5.02 Å². The van der Waals surface area contributed by atoms with Crippen molar-refractivity contribution in [1.82, 2.24) is 20.1 Å². The zero-order valence-corrected chi connectivity index (χ0v) is 13.6. The van der Waals surface area contributed by atoms with Crippen LogP contribution in [-0.4, -0.2) is 14.8 Å². The first-order chi connectivity index (χ1) is 9.65. The van der Waals surface area contributed by atoms with Gasteiger partial charge in [-0.2, -0.15) is 0 Å². The second-order valence-electron chi connectivity index (χ2n) is 5.07. The highest BCUT2D eigenvalue weighted by molar-refractivity contribution is 9.10. The fourth-order valence-corrected chi connectivity index (χ4v) is 3.25. The smallest absolute Gasteiger partial charge is 0.149 e. The molecule has 0 bridgehead atoms. The van der Waals surface area contributed by atoms with Gasteiger partial charge in [-0.25, -0.2) is 0 Å². The Balaban J connectivity index is 1.68. The van der Waals surface area contributed by atoms with Crippen LogP contribution in [0, 0.1) is 0 Å². The Labute approximate surface area is 131 Å². The van der Waals surface area contributed by atoms with Gasteiger partial charge in [-0.1, -0.05) is 33.6 Å². The van der Waals surface area contributed by atoms with Crippen LogP contribution in [-0.2, 0) is 19.5 Å². The van der Waals surface area contributed by atoms with Gasteiger partial charge in [0.05, 0.1) is 6.04 Å². The van der Waals surface area contributed by atoms with Gasteiger partial charge < -0.3 is 9.88 Å². The third-order valence-electron chi connectivity index (χ3n) is 3.64. The summed E-state index contributed by atoms with van der Waals surface area (Å²) in [7, 11) is 0. The molecular formula is C14H16BrClN4. The lowest BCUT2D eigenvalue weighted by molar-refractivity contribution is 0.516. The number of nitrogens with one attached hydrogen (secondary N) is 1. The highest BCUT2D eigenvalue weighted by Crippen LogP contribution is 2.23. The normalized spacial score (nSPS) is 15.3. The van der Waals surface area contributed by atoms with Crippen LogP contribution < -0.4 is 5.32 Å². The molecule has 2 heterocycles. The van der Waals surface area contributed by atoms with Crippen LogP contribution in [0.15, 0.2) is 22.7 Å². The van der Waals surface area contributed by atoms with Crippen molar-refractivity contribution in [3.05, 3.63) is 44.9 Å². The number of aromatic nitrogens is 3. The minimum atomic E-state index is 0.161. The molecule has 3 rings (SSSR count). The van der Waals surface area contributed by atoms with Crippen molar-refractivity contribution in [1.29, 1.82) is 0 Å². The van der Waals surface area contributed by atoms with Gasteiger partial charge in [0, 0.05) is 29.0 Å². The van der Waals surface area contributed by atoms with E-state index in [4.69, 9.17) is 11.6 Å². The second kappa shape index (κ2) is 5.84. The molecule has 0 saturated carbocycles. The number of aryl methyl sites for hydroxylation is 1. The monoisotopic (exact) mass is 354 g/mol. The molecule has 0 saturated heterocycles. The van der Waals surface area contributed by atoms with E-state index in [1.165, 1.54) is 6.42 Å². The molecule has 6 heteroatoms. The summed E-state index contributed by atoms with van der Waals surface area (Å²) < 4.78 is 3.22. The molecule has 0 aliphatic carbocycles. The molecule has 0 radical (unpaired) electrons. The van der Waals surface area contributed by atoms with Gasteiger partial charge in [-0.05, 0) is 31.0 Å². The highest BCUT2D eigenvalue weighted by atomic mass is 79.9. The van der Waals surface area contributed by atoms with Gasteiger partial charge in [0.25, 0.3) is 0 Å². The maximum absolute atomic E-state index is 6.23. The zero-order chi connectivity index (χ0) is 14.1. The van der Waals surface area contributed by atoms with Crippen LogP contribution in [0.3, 0.4) is 0 Å². The lowest BCUT2D eigenvalue weighted by Crippen LogP contribution is -2.21. The third kappa shape index (κ3) is 2.75. The van der Waals surface area contributed by atoms with Gasteiger partial charge >= 0.3 is 0 Å². The standard InChI is InChI=1S/C14H16BrClN4/c1-9(14-19-18-13-3-2-6-20(13)14)17-8-10-4-5-11(15)7-12(10)16/h4-5,7,9,17H,2-3,6,8H2,1H3. The van der Waals surface area contributed by atoms with Crippen LogP contribution in [0.5, 0.6) is 0 Å². The molecule has 106 valence electrons. The average molecular weight is 356 g/mol. The molecule has 2 aromatic rings. The molecule has 1 unspecified atom stereocenters. The summed E-state index contributed by atoms with van der Waals surface area (Å²) in [5.74, 6) is 2.13. The Morgan fingerprint density at radius 3 is 3.10 bits per heavy atom. The lowest BCUT2D eigenvalue weighted by Gasteiger charge is -2.14. The predicted octanol–water partition coefficient (Wildman–Crippen LogP) is 3.49.